The van der Waals surface area contributed by atoms with E-state index in [0.29, 0.717) is 24.3 Å². The van der Waals surface area contributed by atoms with Crippen LogP contribution in [0.15, 0.2) is 24.3 Å². The third kappa shape index (κ3) is 6.21. The average Bonchev–Trinajstić information content (AvgIpc) is 2.37. The lowest BCUT2D eigenvalue weighted by Gasteiger charge is -2.06. The number of amides is 1. The van der Waals surface area contributed by atoms with Gasteiger partial charge in [0.1, 0.15) is 5.75 Å². The van der Waals surface area contributed by atoms with E-state index in [9.17, 15) is 13.2 Å². The second kappa shape index (κ2) is 7.10. The Morgan fingerprint density at radius 1 is 1.21 bits per heavy atom. The highest BCUT2D eigenvalue weighted by molar-refractivity contribution is 7.85. The monoisotopic (exact) mass is 287 g/mol. The fourth-order valence-corrected chi connectivity index (χ4v) is 1.73. The van der Waals surface area contributed by atoms with Gasteiger partial charge in [0.05, 0.1) is 19.5 Å². The van der Waals surface area contributed by atoms with E-state index in [0.717, 1.165) is 6.26 Å². The Morgan fingerprint density at radius 3 is 2.37 bits per heavy atom. The minimum absolute atomic E-state index is 0.0924. The summed E-state index contributed by atoms with van der Waals surface area (Å²) in [6, 6.07) is 6.67. The highest BCUT2D eigenvalue weighted by Crippen LogP contribution is 2.12. The zero-order valence-corrected chi connectivity index (χ0v) is 11.7. The Hall–Kier alpha value is -1.60. The number of ether oxygens (including phenoxy) is 1. The average molecular weight is 287 g/mol. The fraction of sp³-hybridized carbons (Fsp3) is 0.417. The molecule has 0 saturated heterocycles. The topological polar surface area (TPSA) is 81.7 Å². The number of rotatable bonds is 7. The summed E-state index contributed by atoms with van der Waals surface area (Å²) in [4.78, 5) is 11.3. The Balaban J connectivity index is 2.32. The van der Waals surface area contributed by atoms with Gasteiger partial charge in [-0.3, -0.25) is 8.98 Å². The Kier molecular flexibility index (Phi) is 5.78. The van der Waals surface area contributed by atoms with Gasteiger partial charge in [-0.25, -0.2) is 0 Å². The van der Waals surface area contributed by atoms with Crippen LogP contribution in [0.2, 0.25) is 0 Å². The van der Waals surface area contributed by atoms with E-state index in [2.05, 4.69) is 9.50 Å². The van der Waals surface area contributed by atoms with E-state index in [1.807, 2.05) is 0 Å². The molecule has 0 aliphatic rings. The Bertz CT molecular complexity index is 509. The van der Waals surface area contributed by atoms with E-state index in [1.165, 1.54) is 0 Å². The van der Waals surface area contributed by atoms with Gasteiger partial charge in [0, 0.05) is 19.0 Å². The van der Waals surface area contributed by atoms with E-state index >= 15 is 0 Å². The van der Waals surface area contributed by atoms with Gasteiger partial charge in [0.25, 0.3) is 16.0 Å². The first-order valence-corrected chi connectivity index (χ1v) is 7.53. The molecule has 0 aromatic heterocycles. The third-order valence-electron chi connectivity index (χ3n) is 2.20. The molecule has 1 aromatic rings. The molecule has 1 amide bonds. The first-order valence-electron chi connectivity index (χ1n) is 5.72. The van der Waals surface area contributed by atoms with Crippen LogP contribution in [0.25, 0.3) is 0 Å². The van der Waals surface area contributed by atoms with E-state index in [1.54, 1.807) is 31.3 Å². The van der Waals surface area contributed by atoms with Crippen LogP contribution in [0.1, 0.15) is 16.8 Å². The molecule has 0 bridgehead atoms. The molecule has 1 aromatic carbocycles. The molecular weight excluding hydrogens is 270 g/mol. The number of benzene rings is 1. The number of carbonyl (C=O) groups is 1. The number of hydrogen-bond donors (Lipinski definition) is 1. The highest BCUT2D eigenvalue weighted by atomic mass is 32.2. The van der Waals surface area contributed by atoms with E-state index in [4.69, 9.17) is 4.74 Å². The van der Waals surface area contributed by atoms with Crippen molar-refractivity contribution < 1.29 is 22.1 Å². The molecule has 6 nitrogen and oxygen atoms in total. The van der Waals surface area contributed by atoms with Crippen molar-refractivity contribution in [3.8, 4) is 5.75 Å². The predicted molar refractivity (Wildman–Crippen MR) is 70.7 cm³/mol. The lowest BCUT2D eigenvalue weighted by Crippen LogP contribution is -2.17. The van der Waals surface area contributed by atoms with Gasteiger partial charge in [0.15, 0.2) is 0 Å². The van der Waals surface area contributed by atoms with E-state index in [-0.39, 0.29) is 12.5 Å². The van der Waals surface area contributed by atoms with Gasteiger partial charge >= 0.3 is 0 Å². The van der Waals surface area contributed by atoms with Crippen molar-refractivity contribution in [3.05, 3.63) is 29.8 Å². The SMILES string of the molecule is CNC(=O)c1ccc(OCCCOS(C)(=O)=O)cc1. The maximum absolute atomic E-state index is 11.3. The van der Waals surface area contributed by atoms with Crippen LogP contribution in [0.3, 0.4) is 0 Å². The molecule has 0 saturated carbocycles. The van der Waals surface area contributed by atoms with Crippen LogP contribution in [-0.2, 0) is 14.3 Å². The molecule has 0 unspecified atom stereocenters. The minimum atomic E-state index is -3.39. The van der Waals surface area contributed by atoms with Gasteiger partial charge in [-0.05, 0) is 24.3 Å². The third-order valence-corrected chi connectivity index (χ3v) is 2.79. The predicted octanol–water partition coefficient (Wildman–Crippen LogP) is 0.791. The van der Waals surface area contributed by atoms with Crippen LogP contribution in [0.4, 0.5) is 0 Å². The number of nitrogens with one attached hydrogen (secondary N) is 1. The Labute approximate surface area is 112 Å². The zero-order chi connectivity index (χ0) is 14.3. The fourth-order valence-electron chi connectivity index (χ4n) is 1.31. The molecule has 0 radical (unpaired) electrons. The van der Waals surface area contributed by atoms with Gasteiger partial charge in [-0.15, -0.1) is 0 Å². The zero-order valence-electron chi connectivity index (χ0n) is 10.9. The maximum Gasteiger partial charge on any atom is 0.264 e. The van der Waals surface area contributed by atoms with Crippen molar-refractivity contribution in [1.29, 1.82) is 0 Å². The molecule has 1 N–H and O–H groups in total. The first-order chi connectivity index (χ1) is 8.92. The molecule has 19 heavy (non-hydrogen) atoms. The molecule has 0 aliphatic carbocycles. The molecule has 7 heteroatoms. The van der Waals surface area contributed by atoms with Crippen molar-refractivity contribution in [2.45, 2.75) is 6.42 Å². The largest absolute Gasteiger partial charge is 0.494 e. The number of hydrogen-bond acceptors (Lipinski definition) is 5. The van der Waals surface area contributed by atoms with Crippen molar-refractivity contribution in [1.82, 2.24) is 5.32 Å². The lowest BCUT2D eigenvalue weighted by molar-refractivity contribution is 0.0963. The van der Waals surface area contributed by atoms with Gasteiger partial charge in [0.2, 0.25) is 0 Å². The molecule has 1 rings (SSSR count). The van der Waals surface area contributed by atoms with Gasteiger partial charge in [-0.1, -0.05) is 0 Å². The molecule has 0 atom stereocenters. The Morgan fingerprint density at radius 2 is 1.84 bits per heavy atom. The summed E-state index contributed by atoms with van der Waals surface area (Å²) in [5.41, 5.74) is 0.551. The lowest BCUT2D eigenvalue weighted by atomic mass is 10.2. The summed E-state index contributed by atoms with van der Waals surface area (Å²) in [5, 5.41) is 2.52. The molecule has 0 aliphatic heterocycles. The van der Waals surface area contributed by atoms with Gasteiger partial charge < -0.3 is 10.1 Å². The normalized spacial score (nSPS) is 11.1. The number of carbonyl (C=O) groups excluding carboxylic acids is 1. The van der Waals surface area contributed by atoms with Crippen LogP contribution < -0.4 is 10.1 Å². The maximum atomic E-state index is 11.3. The van der Waals surface area contributed by atoms with Gasteiger partial charge in [-0.2, -0.15) is 8.42 Å². The molecule has 0 spiro atoms. The summed E-state index contributed by atoms with van der Waals surface area (Å²) < 4.78 is 31.3. The minimum Gasteiger partial charge on any atom is -0.494 e. The summed E-state index contributed by atoms with van der Waals surface area (Å²) in [7, 11) is -1.82. The van der Waals surface area contributed by atoms with E-state index < -0.39 is 10.1 Å². The van der Waals surface area contributed by atoms with Crippen LogP contribution >= 0.6 is 0 Å². The quantitative estimate of drug-likeness (QED) is 0.592. The molecular formula is C12H17NO5S. The summed E-state index contributed by atoms with van der Waals surface area (Å²) in [6.45, 7) is 0.435. The van der Waals surface area contributed by atoms with Crippen molar-refractivity contribution in [2.24, 2.45) is 0 Å². The molecule has 106 valence electrons. The van der Waals surface area contributed by atoms with Crippen molar-refractivity contribution in [3.63, 3.8) is 0 Å². The second-order valence-corrected chi connectivity index (χ2v) is 5.48. The summed E-state index contributed by atoms with van der Waals surface area (Å²) >= 11 is 0. The highest BCUT2D eigenvalue weighted by Gasteiger charge is 2.03. The summed E-state index contributed by atoms with van der Waals surface area (Å²) in [5.74, 6) is 0.458. The standard InChI is InChI=1S/C12H17NO5S/c1-13-12(14)10-4-6-11(7-5-10)17-8-3-9-18-19(2,15)16/h4-7H,3,8-9H2,1-2H3,(H,13,14). The van der Waals surface area contributed by atoms with Crippen LogP contribution in [0.5, 0.6) is 5.75 Å². The smallest absolute Gasteiger partial charge is 0.264 e. The first kappa shape index (κ1) is 15.5. The van der Waals surface area contributed by atoms with Crippen molar-refractivity contribution >= 4 is 16.0 Å². The molecule has 0 fully saturated rings. The van der Waals surface area contributed by atoms with Crippen LogP contribution in [0, 0.1) is 0 Å². The van der Waals surface area contributed by atoms with Crippen molar-refractivity contribution in [2.75, 3.05) is 26.5 Å². The van der Waals surface area contributed by atoms with Crippen LogP contribution in [-0.4, -0.2) is 40.8 Å². The summed E-state index contributed by atoms with van der Waals surface area (Å²) in [6.07, 6.45) is 1.47. The second-order valence-electron chi connectivity index (χ2n) is 3.83. The molecule has 0 heterocycles.